The number of H-pyrrole nitrogens is 1. The molecule has 0 spiro atoms. The Kier molecular flexibility index (Phi) is 3.88. The minimum atomic E-state index is 0.338. The molecule has 3 aromatic rings. The fraction of sp³-hybridized carbons (Fsp3) is 0.133. The molecule has 0 radical (unpaired) electrons. The van der Waals surface area contributed by atoms with Crippen LogP contribution < -0.4 is 10.5 Å². The third-order valence-electron chi connectivity index (χ3n) is 3.07. The lowest BCUT2D eigenvalue weighted by Crippen LogP contribution is -2.08. The number of hydrogen-bond acceptors (Lipinski definition) is 5. The van der Waals surface area contributed by atoms with Crippen molar-refractivity contribution < 1.29 is 8.95 Å². The second-order valence-electron chi connectivity index (χ2n) is 4.56. The highest BCUT2D eigenvalue weighted by atomic mass is 32.1. The number of pyridine rings is 1. The number of rotatable bonds is 4. The molecule has 22 heavy (non-hydrogen) atoms. The molecule has 0 bridgehead atoms. The van der Waals surface area contributed by atoms with E-state index in [1.807, 2.05) is 25.1 Å². The molecule has 112 valence electrons. The molecule has 0 atom stereocenters. The van der Waals surface area contributed by atoms with Crippen LogP contribution in [0, 0.1) is 0 Å². The molecule has 7 heteroatoms. The summed E-state index contributed by atoms with van der Waals surface area (Å²) in [5.74, 6) is 1.59. The first-order valence-corrected chi connectivity index (χ1v) is 7.48. The van der Waals surface area contributed by atoms with Crippen molar-refractivity contribution in [2.75, 3.05) is 12.3 Å². The maximum atomic E-state index is 11.5. The molecule has 3 N–H and O–H groups in total. The molecule has 0 aliphatic heterocycles. The number of fused-ring (bicyclic) bond motifs is 1. The second kappa shape index (κ2) is 5.98. The molecule has 6 nitrogen and oxygen atoms in total. The zero-order valence-corrected chi connectivity index (χ0v) is 12.7. The lowest BCUT2D eigenvalue weighted by Gasteiger charge is -2.01. The van der Waals surface area contributed by atoms with E-state index in [-0.39, 0.29) is 0 Å². The predicted octanol–water partition coefficient (Wildman–Crippen LogP) is 1.72. The molecular weight excluding hydrogens is 300 g/mol. The highest BCUT2D eigenvalue weighted by molar-refractivity contribution is 7.67. The lowest BCUT2D eigenvalue weighted by atomic mass is 10.2. The van der Waals surface area contributed by atoms with Crippen LogP contribution >= 0.6 is 0 Å². The number of aromatic amines is 1. The monoisotopic (exact) mass is 314 g/mol. The molecule has 2 heterocycles. The van der Waals surface area contributed by atoms with E-state index in [1.165, 1.54) is 0 Å². The second-order valence-corrected chi connectivity index (χ2v) is 5.13. The Balaban J connectivity index is 2.06. The Labute approximate surface area is 130 Å². The molecule has 0 aliphatic carbocycles. The number of imidazole rings is 1. The summed E-state index contributed by atoms with van der Waals surface area (Å²) in [4.78, 5) is 12.2. The van der Waals surface area contributed by atoms with E-state index in [4.69, 9.17) is 10.5 Å². The molecule has 0 amide bonds. The summed E-state index contributed by atoms with van der Waals surface area (Å²) in [6.07, 6.45) is 0. The van der Waals surface area contributed by atoms with Crippen molar-refractivity contribution in [3.05, 3.63) is 47.9 Å². The SMILES string of the molecule is CCOc1ccc2nc(C(=S=O)c3cccc(N)n3)[nH]c2c1. The molecular formula is C15H14N4O2S. The quantitative estimate of drug-likeness (QED) is 0.565. The first kappa shape index (κ1) is 14.3. The minimum Gasteiger partial charge on any atom is -0.494 e. The fourth-order valence-electron chi connectivity index (χ4n) is 2.13. The van der Waals surface area contributed by atoms with E-state index in [9.17, 15) is 4.21 Å². The Morgan fingerprint density at radius 3 is 2.91 bits per heavy atom. The summed E-state index contributed by atoms with van der Waals surface area (Å²) in [7, 11) is 0. The smallest absolute Gasteiger partial charge is 0.154 e. The zero-order chi connectivity index (χ0) is 15.5. The van der Waals surface area contributed by atoms with Gasteiger partial charge in [-0.2, -0.15) is 0 Å². The number of nitrogen functional groups attached to an aromatic ring is 1. The van der Waals surface area contributed by atoms with Gasteiger partial charge in [0.1, 0.15) is 27.7 Å². The Morgan fingerprint density at radius 2 is 2.18 bits per heavy atom. The lowest BCUT2D eigenvalue weighted by molar-refractivity contribution is 0.340. The number of nitrogens with two attached hydrogens (primary N) is 1. The van der Waals surface area contributed by atoms with E-state index < -0.39 is 0 Å². The largest absolute Gasteiger partial charge is 0.494 e. The van der Waals surface area contributed by atoms with Gasteiger partial charge in [-0.15, -0.1) is 0 Å². The molecule has 0 unspecified atom stereocenters. The number of anilines is 1. The average molecular weight is 314 g/mol. The normalized spacial score (nSPS) is 10.6. The van der Waals surface area contributed by atoms with Crippen molar-refractivity contribution in [1.82, 2.24) is 15.0 Å². The molecule has 2 aromatic heterocycles. The maximum Gasteiger partial charge on any atom is 0.154 e. The van der Waals surface area contributed by atoms with Crippen LogP contribution in [-0.2, 0) is 11.3 Å². The average Bonchev–Trinajstić information content (AvgIpc) is 2.91. The Hall–Kier alpha value is -2.67. The van der Waals surface area contributed by atoms with Gasteiger partial charge in [-0.25, -0.2) is 14.2 Å². The van der Waals surface area contributed by atoms with Crippen molar-refractivity contribution in [1.29, 1.82) is 0 Å². The van der Waals surface area contributed by atoms with Gasteiger partial charge in [0.05, 0.1) is 23.3 Å². The standard InChI is InChI=1S/C15H14N4O2S/c1-2-21-9-6-7-10-12(8-9)19-15(18-10)14(22-20)11-4-3-5-13(16)17-11/h3-8H,2H2,1H3,(H2,16,17)(H,18,19). The van der Waals surface area contributed by atoms with Gasteiger partial charge < -0.3 is 15.5 Å². The fourth-order valence-corrected chi connectivity index (χ4v) is 2.51. The highest BCUT2D eigenvalue weighted by Gasteiger charge is 2.13. The van der Waals surface area contributed by atoms with Gasteiger partial charge in [-0.1, -0.05) is 6.07 Å². The van der Waals surface area contributed by atoms with Crippen LogP contribution in [0.1, 0.15) is 18.4 Å². The van der Waals surface area contributed by atoms with E-state index >= 15 is 0 Å². The van der Waals surface area contributed by atoms with Crippen LogP contribution in [0.5, 0.6) is 5.75 Å². The van der Waals surface area contributed by atoms with Crippen molar-refractivity contribution >= 4 is 33.0 Å². The van der Waals surface area contributed by atoms with Crippen molar-refractivity contribution in [3.63, 3.8) is 0 Å². The van der Waals surface area contributed by atoms with Gasteiger partial charge >= 0.3 is 0 Å². The van der Waals surface area contributed by atoms with Crippen LogP contribution in [0.4, 0.5) is 5.82 Å². The summed E-state index contributed by atoms with van der Waals surface area (Å²) >= 11 is 0.338. The third-order valence-corrected chi connectivity index (χ3v) is 3.64. The molecule has 0 saturated heterocycles. The number of ether oxygens (including phenoxy) is 1. The summed E-state index contributed by atoms with van der Waals surface area (Å²) in [6.45, 7) is 2.52. The van der Waals surface area contributed by atoms with Crippen molar-refractivity contribution in [2.45, 2.75) is 6.92 Å². The number of nitrogens with zero attached hydrogens (tertiary/aromatic N) is 2. The van der Waals surface area contributed by atoms with Gasteiger partial charge in [0, 0.05) is 6.07 Å². The van der Waals surface area contributed by atoms with E-state index in [0.717, 1.165) is 16.8 Å². The first-order valence-electron chi connectivity index (χ1n) is 6.74. The number of aromatic nitrogens is 3. The number of benzene rings is 1. The minimum absolute atomic E-state index is 0.338. The first-order chi connectivity index (χ1) is 10.7. The highest BCUT2D eigenvalue weighted by Crippen LogP contribution is 2.20. The molecule has 3 rings (SSSR count). The van der Waals surface area contributed by atoms with Gasteiger partial charge in [0.15, 0.2) is 5.82 Å². The van der Waals surface area contributed by atoms with Gasteiger partial charge in [0.2, 0.25) is 0 Å². The van der Waals surface area contributed by atoms with Gasteiger partial charge in [0.25, 0.3) is 0 Å². The summed E-state index contributed by atoms with van der Waals surface area (Å²) in [6, 6.07) is 10.7. The van der Waals surface area contributed by atoms with Crippen LogP contribution in [0.2, 0.25) is 0 Å². The third kappa shape index (κ3) is 2.71. The number of hydrogen-bond donors (Lipinski definition) is 2. The van der Waals surface area contributed by atoms with Gasteiger partial charge in [-0.05, 0) is 31.2 Å². The molecule has 0 aliphatic rings. The van der Waals surface area contributed by atoms with Crippen LogP contribution in [0.15, 0.2) is 36.4 Å². The van der Waals surface area contributed by atoms with Crippen LogP contribution in [-0.4, -0.2) is 30.6 Å². The summed E-state index contributed by atoms with van der Waals surface area (Å²) in [5, 5.41) is 0. The Bertz CT molecular complexity index is 884. The zero-order valence-electron chi connectivity index (χ0n) is 11.9. The topological polar surface area (TPSA) is 93.9 Å². The van der Waals surface area contributed by atoms with E-state index in [1.54, 1.807) is 18.2 Å². The van der Waals surface area contributed by atoms with Gasteiger partial charge in [-0.3, -0.25) is 0 Å². The van der Waals surface area contributed by atoms with Crippen LogP contribution in [0.25, 0.3) is 11.0 Å². The molecule has 0 saturated carbocycles. The summed E-state index contributed by atoms with van der Waals surface area (Å²) in [5.41, 5.74) is 7.74. The maximum absolute atomic E-state index is 11.5. The number of nitrogens with one attached hydrogen (secondary N) is 1. The van der Waals surface area contributed by atoms with E-state index in [0.29, 0.717) is 40.1 Å². The predicted molar refractivity (Wildman–Crippen MR) is 87.3 cm³/mol. The van der Waals surface area contributed by atoms with E-state index in [2.05, 4.69) is 15.0 Å². The molecule has 1 aromatic carbocycles. The molecule has 0 fully saturated rings. The van der Waals surface area contributed by atoms with Crippen molar-refractivity contribution in [3.8, 4) is 5.75 Å². The Morgan fingerprint density at radius 1 is 1.32 bits per heavy atom. The van der Waals surface area contributed by atoms with Crippen molar-refractivity contribution in [2.24, 2.45) is 0 Å². The van der Waals surface area contributed by atoms with Crippen LogP contribution in [0.3, 0.4) is 0 Å². The summed E-state index contributed by atoms with van der Waals surface area (Å²) < 4.78 is 17.0.